The molecule has 2 nitrogen and oxygen atoms in total. The number of aryl methyl sites for hydroxylation is 1. The van der Waals surface area contributed by atoms with Gasteiger partial charge in [0.05, 0.1) is 0 Å². The van der Waals surface area contributed by atoms with Crippen LogP contribution >= 0.6 is 0 Å². The molecule has 0 spiro atoms. The number of nitrogens with zero attached hydrogens (tertiary/aromatic N) is 1. The van der Waals surface area contributed by atoms with Crippen molar-refractivity contribution in [1.29, 1.82) is 0 Å². The van der Waals surface area contributed by atoms with E-state index < -0.39 is 0 Å². The summed E-state index contributed by atoms with van der Waals surface area (Å²) in [4.78, 5) is 2.28. The number of hydrogen-bond acceptors (Lipinski definition) is 2. The quantitative estimate of drug-likeness (QED) is 0.763. The highest BCUT2D eigenvalue weighted by Crippen LogP contribution is 2.36. The van der Waals surface area contributed by atoms with Crippen molar-refractivity contribution < 1.29 is 5.11 Å². The minimum Gasteiger partial charge on any atom is -0.508 e. The van der Waals surface area contributed by atoms with Gasteiger partial charge in [-0.1, -0.05) is 12.1 Å². The fraction of sp³-hybridized carbons (Fsp3) is 0.385. The standard InChI is InChI=1S/C13H17NO/c1-3-8-14(2)13-7-5-10-4-6-11(15)9-12(10)13/h3-4,6,9,13,15H,1,5,7-8H2,2H3/t13-/m1/s1. The first-order chi connectivity index (χ1) is 7.22. The number of phenolic OH excluding ortho intramolecular Hbond substituents is 1. The third-order valence-electron chi connectivity index (χ3n) is 3.12. The van der Waals surface area contributed by atoms with Gasteiger partial charge >= 0.3 is 0 Å². The molecule has 0 amide bonds. The Hall–Kier alpha value is -1.28. The Morgan fingerprint density at radius 1 is 1.60 bits per heavy atom. The molecule has 0 aliphatic heterocycles. The van der Waals surface area contributed by atoms with Crippen LogP contribution in [0.5, 0.6) is 5.75 Å². The summed E-state index contributed by atoms with van der Waals surface area (Å²) in [5.41, 5.74) is 2.65. The maximum atomic E-state index is 9.49. The van der Waals surface area contributed by atoms with Crippen molar-refractivity contribution in [1.82, 2.24) is 4.90 Å². The molecule has 1 aromatic carbocycles. The second-order valence-corrected chi connectivity index (χ2v) is 4.17. The van der Waals surface area contributed by atoms with E-state index >= 15 is 0 Å². The first-order valence-corrected chi connectivity index (χ1v) is 5.35. The molecule has 0 saturated carbocycles. The van der Waals surface area contributed by atoms with E-state index in [0.29, 0.717) is 11.8 Å². The highest BCUT2D eigenvalue weighted by Gasteiger charge is 2.25. The normalized spacial score (nSPS) is 19.2. The zero-order valence-electron chi connectivity index (χ0n) is 9.11. The lowest BCUT2D eigenvalue weighted by Gasteiger charge is -2.23. The number of rotatable bonds is 3. The highest BCUT2D eigenvalue weighted by molar-refractivity contribution is 5.40. The zero-order valence-corrected chi connectivity index (χ0v) is 9.11. The van der Waals surface area contributed by atoms with Crippen molar-refractivity contribution >= 4 is 0 Å². The van der Waals surface area contributed by atoms with Crippen LogP contribution in [0.25, 0.3) is 0 Å². The molecule has 2 rings (SSSR count). The summed E-state index contributed by atoms with van der Waals surface area (Å²) >= 11 is 0. The zero-order chi connectivity index (χ0) is 10.8. The molecule has 1 aromatic rings. The van der Waals surface area contributed by atoms with Gasteiger partial charge in [-0.3, -0.25) is 4.90 Å². The molecule has 2 heteroatoms. The minimum atomic E-state index is 0.368. The van der Waals surface area contributed by atoms with Crippen molar-refractivity contribution in [3.63, 3.8) is 0 Å². The second kappa shape index (κ2) is 4.07. The Kier molecular flexibility index (Phi) is 2.78. The number of aromatic hydroxyl groups is 1. The Labute approximate surface area is 90.8 Å². The van der Waals surface area contributed by atoms with Crippen molar-refractivity contribution in [2.45, 2.75) is 18.9 Å². The molecule has 0 radical (unpaired) electrons. The summed E-state index contributed by atoms with van der Waals surface area (Å²) in [5.74, 6) is 0.368. The molecule has 1 N–H and O–H groups in total. The molecule has 0 unspecified atom stereocenters. The van der Waals surface area contributed by atoms with E-state index in [2.05, 4.69) is 18.5 Å². The first-order valence-electron chi connectivity index (χ1n) is 5.35. The lowest BCUT2D eigenvalue weighted by atomic mass is 10.1. The van der Waals surface area contributed by atoms with Crippen LogP contribution < -0.4 is 0 Å². The van der Waals surface area contributed by atoms with Crippen LogP contribution in [0, 0.1) is 0 Å². The average Bonchev–Trinajstić information content (AvgIpc) is 2.60. The monoisotopic (exact) mass is 203 g/mol. The molecule has 0 aromatic heterocycles. The SMILES string of the molecule is C=CCN(C)[C@@H]1CCc2ccc(O)cc21. The van der Waals surface area contributed by atoms with Crippen LogP contribution in [-0.4, -0.2) is 23.6 Å². The van der Waals surface area contributed by atoms with Gasteiger partial charge in [-0.15, -0.1) is 6.58 Å². The Bertz CT molecular complexity index is 373. The minimum absolute atomic E-state index is 0.368. The summed E-state index contributed by atoms with van der Waals surface area (Å²) in [5, 5.41) is 9.49. The van der Waals surface area contributed by atoms with Gasteiger partial charge in [0.1, 0.15) is 5.75 Å². The maximum Gasteiger partial charge on any atom is 0.115 e. The van der Waals surface area contributed by atoms with Gasteiger partial charge < -0.3 is 5.11 Å². The fourth-order valence-electron chi connectivity index (χ4n) is 2.36. The molecule has 0 bridgehead atoms. The lowest BCUT2D eigenvalue weighted by molar-refractivity contribution is 0.270. The molecule has 1 aliphatic carbocycles. The number of hydrogen-bond donors (Lipinski definition) is 1. The number of phenols is 1. The smallest absolute Gasteiger partial charge is 0.115 e. The molecule has 0 saturated heterocycles. The van der Waals surface area contributed by atoms with Gasteiger partial charge in [0.25, 0.3) is 0 Å². The van der Waals surface area contributed by atoms with Crippen LogP contribution in [0.3, 0.4) is 0 Å². The fourth-order valence-corrected chi connectivity index (χ4v) is 2.36. The topological polar surface area (TPSA) is 23.5 Å². The second-order valence-electron chi connectivity index (χ2n) is 4.17. The van der Waals surface area contributed by atoms with E-state index in [1.165, 1.54) is 11.1 Å². The van der Waals surface area contributed by atoms with Crippen LogP contribution in [0.15, 0.2) is 30.9 Å². The van der Waals surface area contributed by atoms with Crippen molar-refractivity contribution in [3.05, 3.63) is 42.0 Å². The lowest BCUT2D eigenvalue weighted by Crippen LogP contribution is -2.22. The van der Waals surface area contributed by atoms with Crippen LogP contribution in [0.4, 0.5) is 0 Å². The summed E-state index contributed by atoms with van der Waals surface area (Å²) in [6.07, 6.45) is 4.17. The first kappa shape index (κ1) is 10.2. The molecule has 0 heterocycles. The number of likely N-dealkylation sites (N-methyl/N-ethyl adjacent to an activating group) is 1. The molecular formula is C13H17NO. The molecular weight excluding hydrogens is 186 g/mol. The summed E-state index contributed by atoms with van der Waals surface area (Å²) in [7, 11) is 2.10. The Morgan fingerprint density at radius 3 is 3.13 bits per heavy atom. The van der Waals surface area contributed by atoms with Gasteiger partial charge in [-0.05, 0) is 43.1 Å². The van der Waals surface area contributed by atoms with Gasteiger partial charge in [-0.2, -0.15) is 0 Å². The average molecular weight is 203 g/mol. The highest BCUT2D eigenvalue weighted by atomic mass is 16.3. The van der Waals surface area contributed by atoms with Crippen molar-refractivity contribution in [3.8, 4) is 5.75 Å². The molecule has 1 atom stereocenters. The predicted octanol–water partition coefficient (Wildman–Crippen LogP) is 2.50. The van der Waals surface area contributed by atoms with Crippen LogP contribution in [0.2, 0.25) is 0 Å². The summed E-state index contributed by atoms with van der Waals surface area (Å²) < 4.78 is 0. The van der Waals surface area contributed by atoms with E-state index in [1.807, 2.05) is 18.2 Å². The van der Waals surface area contributed by atoms with E-state index in [1.54, 1.807) is 6.07 Å². The number of benzene rings is 1. The molecule has 0 fully saturated rings. The van der Waals surface area contributed by atoms with Crippen molar-refractivity contribution in [2.75, 3.05) is 13.6 Å². The van der Waals surface area contributed by atoms with E-state index in [0.717, 1.165) is 19.4 Å². The maximum absolute atomic E-state index is 9.49. The van der Waals surface area contributed by atoms with E-state index in [9.17, 15) is 5.11 Å². The molecule has 1 aliphatic rings. The van der Waals surface area contributed by atoms with Gasteiger partial charge in [0.2, 0.25) is 0 Å². The van der Waals surface area contributed by atoms with Gasteiger partial charge in [-0.25, -0.2) is 0 Å². The van der Waals surface area contributed by atoms with E-state index in [-0.39, 0.29) is 0 Å². The molecule has 80 valence electrons. The van der Waals surface area contributed by atoms with Crippen molar-refractivity contribution in [2.24, 2.45) is 0 Å². The number of fused-ring (bicyclic) bond motifs is 1. The van der Waals surface area contributed by atoms with Gasteiger partial charge in [0.15, 0.2) is 0 Å². The summed E-state index contributed by atoms with van der Waals surface area (Å²) in [6.45, 7) is 4.64. The Morgan fingerprint density at radius 2 is 2.40 bits per heavy atom. The summed E-state index contributed by atoms with van der Waals surface area (Å²) in [6, 6.07) is 6.14. The van der Waals surface area contributed by atoms with Crippen LogP contribution in [0.1, 0.15) is 23.6 Å². The predicted molar refractivity (Wildman–Crippen MR) is 62.0 cm³/mol. The van der Waals surface area contributed by atoms with E-state index in [4.69, 9.17) is 0 Å². The Balaban J connectivity index is 2.26. The van der Waals surface area contributed by atoms with Gasteiger partial charge in [0, 0.05) is 12.6 Å². The molecule has 15 heavy (non-hydrogen) atoms. The third kappa shape index (κ3) is 1.90. The third-order valence-corrected chi connectivity index (χ3v) is 3.12. The largest absolute Gasteiger partial charge is 0.508 e. The van der Waals surface area contributed by atoms with Crippen LogP contribution in [-0.2, 0) is 6.42 Å².